The van der Waals surface area contributed by atoms with Gasteiger partial charge in [-0.25, -0.2) is 0 Å². The van der Waals surface area contributed by atoms with Crippen molar-refractivity contribution < 1.29 is 9.59 Å². The minimum atomic E-state index is 0.671. The first kappa shape index (κ1) is 18.1. The van der Waals surface area contributed by atoms with Crippen LogP contribution in [0.15, 0.2) is 85.2 Å². The number of aromatic nitrogens is 2. The number of carbonyl (C=O) groups excluding carboxylic acids is 2. The van der Waals surface area contributed by atoms with Crippen molar-refractivity contribution in [1.29, 1.82) is 0 Å². The van der Waals surface area contributed by atoms with Gasteiger partial charge in [-0.2, -0.15) is 0 Å². The largest absolute Gasteiger partial charge is 0.342 e. The van der Waals surface area contributed by atoms with Crippen LogP contribution < -0.4 is 0 Å². The van der Waals surface area contributed by atoms with Gasteiger partial charge >= 0.3 is 0 Å². The van der Waals surface area contributed by atoms with E-state index in [4.69, 9.17) is 0 Å². The molecular formula is C26H20N2O2. The summed E-state index contributed by atoms with van der Waals surface area (Å²) in [5.74, 6) is 0. The predicted molar refractivity (Wildman–Crippen MR) is 119 cm³/mol. The molecule has 146 valence electrons. The molecule has 0 saturated carbocycles. The first-order chi connectivity index (χ1) is 14.8. The van der Waals surface area contributed by atoms with Crippen LogP contribution in [0.25, 0.3) is 21.8 Å². The molecule has 2 heterocycles. The molecular weight excluding hydrogens is 372 g/mol. The van der Waals surface area contributed by atoms with Crippen molar-refractivity contribution in [3.05, 3.63) is 107 Å². The van der Waals surface area contributed by atoms with Crippen LogP contribution in [0.4, 0.5) is 0 Å². The number of hydrogen-bond acceptors (Lipinski definition) is 2. The predicted octanol–water partition coefficient (Wildman–Crippen LogP) is 5.32. The standard InChI is InChI=1S/C26H20N2O2/c29-17-21-15-27(25-11-5-3-9-23(21)25)13-19-7-1-2-8-20(19)14-28-16-22(18-30)24-10-4-6-12-26(24)28/h1-12,15-18H,13-14H2. The van der Waals surface area contributed by atoms with E-state index >= 15 is 0 Å². The number of benzene rings is 3. The van der Waals surface area contributed by atoms with E-state index in [0.717, 1.165) is 34.4 Å². The number of aldehydes is 2. The normalized spacial score (nSPS) is 11.2. The Kier molecular flexibility index (Phi) is 4.52. The highest BCUT2D eigenvalue weighted by Gasteiger charge is 2.12. The van der Waals surface area contributed by atoms with Gasteiger partial charge in [0.05, 0.1) is 0 Å². The summed E-state index contributed by atoms with van der Waals surface area (Å²) in [4.78, 5) is 23.0. The fourth-order valence-corrected chi connectivity index (χ4v) is 4.23. The first-order valence-electron chi connectivity index (χ1n) is 9.91. The van der Waals surface area contributed by atoms with Gasteiger partial charge in [-0.3, -0.25) is 9.59 Å². The number of rotatable bonds is 6. The van der Waals surface area contributed by atoms with Gasteiger partial charge in [-0.1, -0.05) is 60.7 Å². The maximum absolute atomic E-state index is 11.5. The summed E-state index contributed by atoms with van der Waals surface area (Å²) < 4.78 is 4.25. The van der Waals surface area contributed by atoms with Crippen LogP contribution in [0, 0.1) is 0 Å². The van der Waals surface area contributed by atoms with Crippen molar-refractivity contribution in [3.8, 4) is 0 Å². The number of para-hydroxylation sites is 2. The van der Waals surface area contributed by atoms with Crippen LogP contribution in [-0.4, -0.2) is 21.7 Å². The summed E-state index contributed by atoms with van der Waals surface area (Å²) in [6, 6.07) is 24.3. The molecule has 0 aliphatic rings. The molecule has 0 N–H and O–H groups in total. The topological polar surface area (TPSA) is 44.0 Å². The lowest BCUT2D eigenvalue weighted by molar-refractivity contribution is 0.111. The monoisotopic (exact) mass is 392 g/mol. The van der Waals surface area contributed by atoms with E-state index in [1.54, 1.807) is 0 Å². The highest BCUT2D eigenvalue weighted by molar-refractivity contribution is 5.98. The van der Waals surface area contributed by atoms with Crippen LogP contribution in [0.5, 0.6) is 0 Å². The average Bonchev–Trinajstić information content (AvgIpc) is 3.33. The van der Waals surface area contributed by atoms with Gasteiger partial charge in [0.25, 0.3) is 0 Å². The molecule has 0 aliphatic heterocycles. The van der Waals surface area contributed by atoms with Gasteiger partial charge in [0.15, 0.2) is 12.6 Å². The van der Waals surface area contributed by atoms with Gasteiger partial charge in [-0.05, 0) is 23.3 Å². The van der Waals surface area contributed by atoms with E-state index in [0.29, 0.717) is 24.2 Å². The molecule has 0 amide bonds. The summed E-state index contributed by atoms with van der Waals surface area (Å²) >= 11 is 0. The summed E-state index contributed by atoms with van der Waals surface area (Å²) in [6.07, 6.45) is 5.67. The Morgan fingerprint density at radius 2 is 0.967 bits per heavy atom. The summed E-state index contributed by atoms with van der Waals surface area (Å²) in [7, 11) is 0. The minimum Gasteiger partial charge on any atom is -0.342 e. The van der Waals surface area contributed by atoms with Gasteiger partial charge in [0, 0.05) is 58.4 Å². The maximum Gasteiger partial charge on any atom is 0.152 e. The molecule has 4 heteroatoms. The molecule has 0 saturated heterocycles. The zero-order valence-electron chi connectivity index (χ0n) is 16.4. The van der Waals surface area contributed by atoms with Crippen molar-refractivity contribution >= 4 is 34.4 Å². The quantitative estimate of drug-likeness (QED) is 0.367. The van der Waals surface area contributed by atoms with Crippen molar-refractivity contribution in [2.45, 2.75) is 13.1 Å². The Morgan fingerprint density at radius 1 is 0.567 bits per heavy atom. The SMILES string of the molecule is O=Cc1cn(Cc2ccccc2Cn2cc(C=O)c3ccccc32)c2ccccc12. The van der Waals surface area contributed by atoms with E-state index in [1.165, 1.54) is 11.1 Å². The molecule has 0 spiro atoms. The lowest BCUT2D eigenvalue weighted by Gasteiger charge is -2.13. The van der Waals surface area contributed by atoms with Crippen molar-refractivity contribution in [2.24, 2.45) is 0 Å². The molecule has 0 atom stereocenters. The Hall–Kier alpha value is -3.92. The Labute approximate surface area is 174 Å². The van der Waals surface area contributed by atoms with Crippen molar-refractivity contribution in [1.82, 2.24) is 9.13 Å². The molecule has 0 fully saturated rings. The second-order valence-corrected chi connectivity index (χ2v) is 7.46. The van der Waals surface area contributed by atoms with E-state index in [1.807, 2.05) is 73.1 Å². The van der Waals surface area contributed by atoms with E-state index in [-0.39, 0.29) is 0 Å². The highest BCUT2D eigenvalue weighted by atomic mass is 16.1. The maximum atomic E-state index is 11.5. The molecule has 30 heavy (non-hydrogen) atoms. The van der Waals surface area contributed by atoms with Crippen LogP contribution in [0.2, 0.25) is 0 Å². The molecule has 5 aromatic rings. The van der Waals surface area contributed by atoms with Gasteiger partial charge < -0.3 is 9.13 Å². The molecule has 3 aromatic carbocycles. The highest BCUT2D eigenvalue weighted by Crippen LogP contribution is 2.24. The van der Waals surface area contributed by atoms with E-state index < -0.39 is 0 Å². The van der Waals surface area contributed by atoms with Gasteiger partial charge in [0.1, 0.15) is 0 Å². The summed E-state index contributed by atoms with van der Waals surface area (Å²) in [5.41, 5.74) is 5.86. The molecule has 0 bridgehead atoms. The lowest BCUT2D eigenvalue weighted by Crippen LogP contribution is -2.05. The first-order valence-corrected chi connectivity index (χ1v) is 9.91. The van der Waals surface area contributed by atoms with Gasteiger partial charge in [-0.15, -0.1) is 0 Å². The Balaban J connectivity index is 1.55. The second-order valence-electron chi connectivity index (χ2n) is 7.46. The Bertz CT molecular complexity index is 1280. The molecule has 0 aliphatic carbocycles. The average molecular weight is 392 g/mol. The zero-order chi connectivity index (χ0) is 20.5. The molecule has 0 unspecified atom stereocenters. The van der Waals surface area contributed by atoms with Crippen LogP contribution >= 0.6 is 0 Å². The molecule has 0 radical (unpaired) electrons. The molecule has 2 aromatic heterocycles. The third-order valence-electron chi connectivity index (χ3n) is 5.69. The minimum absolute atomic E-state index is 0.671. The second kappa shape index (κ2) is 7.48. The zero-order valence-corrected chi connectivity index (χ0v) is 16.4. The van der Waals surface area contributed by atoms with Crippen molar-refractivity contribution in [2.75, 3.05) is 0 Å². The summed E-state index contributed by atoms with van der Waals surface area (Å²) in [5, 5.41) is 1.94. The van der Waals surface area contributed by atoms with Crippen LogP contribution in [0.3, 0.4) is 0 Å². The molecule has 5 rings (SSSR count). The molecule has 4 nitrogen and oxygen atoms in total. The van der Waals surface area contributed by atoms with Gasteiger partial charge in [0.2, 0.25) is 0 Å². The van der Waals surface area contributed by atoms with Crippen LogP contribution in [0.1, 0.15) is 31.8 Å². The number of hydrogen-bond donors (Lipinski definition) is 0. The fraction of sp³-hybridized carbons (Fsp3) is 0.0769. The number of nitrogens with zero attached hydrogens (tertiary/aromatic N) is 2. The fourth-order valence-electron chi connectivity index (χ4n) is 4.23. The smallest absolute Gasteiger partial charge is 0.152 e. The van der Waals surface area contributed by atoms with Crippen LogP contribution in [-0.2, 0) is 13.1 Å². The lowest BCUT2D eigenvalue weighted by atomic mass is 10.1. The Morgan fingerprint density at radius 3 is 1.40 bits per heavy atom. The summed E-state index contributed by atoms with van der Waals surface area (Å²) in [6.45, 7) is 1.34. The third-order valence-corrected chi connectivity index (χ3v) is 5.69. The third kappa shape index (κ3) is 3.03. The number of carbonyl (C=O) groups is 2. The van der Waals surface area contributed by atoms with Crippen molar-refractivity contribution in [3.63, 3.8) is 0 Å². The van der Waals surface area contributed by atoms with E-state index in [9.17, 15) is 9.59 Å². The number of fused-ring (bicyclic) bond motifs is 2. The van der Waals surface area contributed by atoms with E-state index in [2.05, 4.69) is 21.3 Å².